The second-order valence-electron chi connectivity index (χ2n) is 9.86. The van der Waals surface area contributed by atoms with Crippen molar-refractivity contribution in [1.29, 1.82) is 0 Å². The summed E-state index contributed by atoms with van der Waals surface area (Å²) < 4.78 is 42.6. The molecule has 0 unspecified atom stereocenters. The molecule has 0 radical (unpaired) electrons. The van der Waals surface area contributed by atoms with Gasteiger partial charge in [-0.15, -0.1) is 18.3 Å². The van der Waals surface area contributed by atoms with Crippen LogP contribution < -0.4 is 15.0 Å². The van der Waals surface area contributed by atoms with Gasteiger partial charge in [0.25, 0.3) is 0 Å². The molecule has 1 aromatic heterocycles. The highest BCUT2D eigenvalue weighted by Gasteiger charge is 2.32. The summed E-state index contributed by atoms with van der Waals surface area (Å²) in [4.78, 5) is 23.2. The third kappa shape index (κ3) is 7.59. The van der Waals surface area contributed by atoms with Gasteiger partial charge in [0.1, 0.15) is 12.1 Å². The first-order valence-electron chi connectivity index (χ1n) is 13.4. The number of amidine groups is 1. The number of halogens is 3. The summed E-state index contributed by atoms with van der Waals surface area (Å²) in [5.74, 6) is 0.714. The highest BCUT2D eigenvalue weighted by molar-refractivity contribution is 8.15. The topological polar surface area (TPSA) is 84.6 Å². The normalized spacial score (nSPS) is 14.5. The first-order chi connectivity index (χ1) is 20.6. The maximum atomic E-state index is 12.7. The Morgan fingerprint density at radius 2 is 1.81 bits per heavy atom. The standard InChI is InChI=1S/C30H27F3N6O2S2/c1-19(2)24-5-3-4-6-25(24)39-26(40)17-43-29(39)36-28(42)34-16-15-20-7-9-21(10-8-20)27-35-18-38(37-27)22-11-13-23(14-12-22)41-30(31,32)33/h3-14,18-19H,15-17H2,1-2H3,(H,34,42)/b36-29-. The van der Waals surface area contributed by atoms with Crippen LogP contribution in [-0.2, 0) is 11.2 Å². The number of carbonyl (C=O) groups excluding carboxylic acids is 1. The average molecular weight is 625 g/mol. The van der Waals surface area contributed by atoms with Gasteiger partial charge in [0.15, 0.2) is 16.1 Å². The minimum absolute atomic E-state index is 0.0208. The van der Waals surface area contributed by atoms with E-state index in [1.54, 1.807) is 4.90 Å². The molecule has 1 N–H and O–H groups in total. The predicted octanol–water partition coefficient (Wildman–Crippen LogP) is 6.51. The Morgan fingerprint density at radius 1 is 1.09 bits per heavy atom. The molecule has 1 fully saturated rings. The van der Waals surface area contributed by atoms with Crippen molar-refractivity contribution in [2.45, 2.75) is 32.5 Å². The Morgan fingerprint density at radius 3 is 2.51 bits per heavy atom. The molecular weight excluding hydrogens is 597 g/mol. The van der Waals surface area contributed by atoms with Crippen LogP contribution in [0.3, 0.4) is 0 Å². The van der Waals surface area contributed by atoms with Gasteiger partial charge in [-0.25, -0.2) is 9.67 Å². The molecule has 8 nitrogen and oxygen atoms in total. The molecule has 1 aliphatic rings. The smallest absolute Gasteiger partial charge is 0.406 e. The number of anilines is 1. The number of ether oxygens (including phenoxy) is 1. The van der Waals surface area contributed by atoms with Crippen LogP contribution >= 0.6 is 24.0 Å². The number of hydrogen-bond acceptors (Lipinski definition) is 6. The van der Waals surface area contributed by atoms with E-state index in [-0.39, 0.29) is 17.6 Å². The number of carbonyl (C=O) groups is 1. The largest absolute Gasteiger partial charge is 0.573 e. The van der Waals surface area contributed by atoms with Gasteiger partial charge in [0, 0.05) is 12.1 Å². The van der Waals surface area contributed by atoms with E-state index in [2.05, 4.69) is 39.0 Å². The second kappa shape index (κ2) is 13.0. The van der Waals surface area contributed by atoms with Gasteiger partial charge in [-0.1, -0.05) is 68.1 Å². The number of thioether (sulfide) groups is 1. The predicted molar refractivity (Wildman–Crippen MR) is 166 cm³/mol. The molecule has 4 aromatic rings. The third-order valence-corrected chi connectivity index (χ3v) is 7.65. The van der Waals surface area contributed by atoms with Gasteiger partial charge in [-0.05, 0) is 66.0 Å². The highest BCUT2D eigenvalue weighted by atomic mass is 32.2. The monoisotopic (exact) mass is 624 g/mol. The lowest BCUT2D eigenvalue weighted by atomic mass is 10.0. The summed E-state index contributed by atoms with van der Waals surface area (Å²) in [5, 5.41) is 8.48. The van der Waals surface area contributed by atoms with Crippen LogP contribution in [-0.4, -0.2) is 49.6 Å². The first-order valence-corrected chi connectivity index (χ1v) is 14.7. The summed E-state index contributed by atoms with van der Waals surface area (Å²) in [5.41, 5.74) is 4.30. The van der Waals surface area contributed by atoms with Crippen LogP contribution in [0, 0.1) is 0 Å². The average Bonchev–Trinajstić information content (AvgIpc) is 3.60. The van der Waals surface area contributed by atoms with Gasteiger partial charge in [-0.2, -0.15) is 4.99 Å². The Labute approximate surface area is 256 Å². The third-order valence-electron chi connectivity index (χ3n) is 6.49. The Hall–Kier alpha value is -4.23. The first kappa shape index (κ1) is 30.2. The summed E-state index contributed by atoms with van der Waals surface area (Å²) in [6, 6.07) is 20.9. The molecule has 13 heteroatoms. The van der Waals surface area contributed by atoms with Crippen molar-refractivity contribution in [3.05, 3.63) is 90.3 Å². The van der Waals surface area contributed by atoms with E-state index in [0.29, 0.717) is 40.5 Å². The van der Waals surface area contributed by atoms with Crippen molar-refractivity contribution < 1.29 is 22.7 Å². The van der Waals surface area contributed by atoms with Crippen molar-refractivity contribution in [2.24, 2.45) is 4.99 Å². The van der Waals surface area contributed by atoms with Crippen LogP contribution in [0.2, 0.25) is 0 Å². The summed E-state index contributed by atoms with van der Waals surface area (Å²) in [7, 11) is 0. The van der Waals surface area contributed by atoms with E-state index in [9.17, 15) is 18.0 Å². The maximum absolute atomic E-state index is 12.7. The molecule has 0 bridgehead atoms. The Kier molecular flexibility index (Phi) is 9.11. The van der Waals surface area contributed by atoms with Crippen LogP contribution in [0.4, 0.5) is 18.9 Å². The van der Waals surface area contributed by atoms with Crippen molar-refractivity contribution >= 4 is 45.9 Å². The fraction of sp³-hybridized carbons (Fsp3) is 0.233. The Balaban J connectivity index is 1.16. The van der Waals surface area contributed by atoms with Crippen molar-refractivity contribution in [3.63, 3.8) is 0 Å². The summed E-state index contributed by atoms with van der Waals surface area (Å²) >= 11 is 6.84. The van der Waals surface area contributed by atoms with E-state index in [1.807, 2.05) is 48.5 Å². The Bertz CT molecular complexity index is 1640. The molecule has 1 aliphatic heterocycles. The van der Waals surface area contributed by atoms with Gasteiger partial charge >= 0.3 is 6.36 Å². The molecule has 1 amide bonds. The van der Waals surface area contributed by atoms with Gasteiger partial charge in [0.05, 0.1) is 17.1 Å². The summed E-state index contributed by atoms with van der Waals surface area (Å²) in [6.07, 6.45) is -2.57. The van der Waals surface area contributed by atoms with Crippen LogP contribution in [0.15, 0.2) is 84.1 Å². The number of aromatic nitrogens is 3. The number of benzene rings is 3. The number of aliphatic imine (C=N–C) groups is 1. The van der Waals surface area contributed by atoms with E-state index < -0.39 is 6.36 Å². The zero-order valence-electron chi connectivity index (χ0n) is 23.2. The zero-order valence-corrected chi connectivity index (χ0v) is 24.8. The molecule has 222 valence electrons. The number of rotatable bonds is 8. The molecule has 43 heavy (non-hydrogen) atoms. The fourth-order valence-corrected chi connectivity index (χ4v) is 5.56. The molecular formula is C30H27F3N6O2S2. The fourth-order valence-electron chi connectivity index (χ4n) is 4.44. The minimum Gasteiger partial charge on any atom is -0.406 e. The van der Waals surface area contributed by atoms with Gasteiger partial charge in [-0.3, -0.25) is 9.69 Å². The minimum atomic E-state index is -4.75. The molecule has 3 aromatic carbocycles. The lowest BCUT2D eigenvalue weighted by molar-refractivity contribution is -0.274. The lowest BCUT2D eigenvalue weighted by Gasteiger charge is -2.21. The number of nitrogens with zero attached hydrogens (tertiary/aromatic N) is 5. The highest BCUT2D eigenvalue weighted by Crippen LogP contribution is 2.33. The van der Waals surface area contributed by atoms with Crippen LogP contribution in [0.1, 0.15) is 30.9 Å². The van der Waals surface area contributed by atoms with E-state index in [0.717, 1.165) is 22.4 Å². The lowest BCUT2D eigenvalue weighted by Crippen LogP contribution is -2.32. The van der Waals surface area contributed by atoms with E-state index >= 15 is 0 Å². The maximum Gasteiger partial charge on any atom is 0.573 e. The van der Waals surface area contributed by atoms with Gasteiger partial charge < -0.3 is 10.1 Å². The number of thiocarbonyl (C=S) groups is 1. The molecule has 0 saturated carbocycles. The molecule has 5 rings (SSSR count). The molecule has 0 atom stereocenters. The molecule has 1 saturated heterocycles. The SMILES string of the molecule is CC(C)c1ccccc1N1C(=O)CS/C1=N\C(=S)NCCc1ccc(-c2ncn(-c3ccc(OC(F)(F)F)cc3)n2)cc1. The number of amides is 1. The van der Waals surface area contributed by atoms with Crippen LogP contribution in [0.5, 0.6) is 5.75 Å². The van der Waals surface area contributed by atoms with E-state index in [4.69, 9.17) is 12.2 Å². The zero-order chi connectivity index (χ0) is 30.6. The van der Waals surface area contributed by atoms with Crippen molar-refractivity contribution in [1.82, 2.24) is 20.1 Å². The van der Waals surface area contributed by atoms with Crippen molar-refractivity contribution in [2.75, 3.05) is 17.2 Å². The number of alkyl halides is 3. The van der Waals surface area contributed by atoms with Gasteiger partial charge in [0.2, 0.25) is 5.91 Å². The number of para-hydroxylation sites is 1. The second-order valence-corrected chi connectivity index (χ2v) is 11.2. The van der Waals surface area contributed by atoms with Crippen LogP contribution in [0.25, 0.3) is 17.1 Å². The molecule has 0 aliphatic carbocycles. The molecule has 2 heterocycles. The summed E-state index contributed by atoms with van der Waals surface area (Å²) in [6.45, 7) is 4.74. The quantitative estimate of drug-likeness (QED) is 0.224. The molecule has 0 spiro atoms. The van der Waals surface area contributed by atoms with Crippen molar-refractivity contribution in [3.8, 4) is 22.8 Å². The number of hydrogen-bond donors (Lipinski definition) is 1. The number of nitrogens with one attached hydrogen (secondary N) is 1. The van der Waals surface area contributed by atoms with E-state index in [1.165, 1.54) is 47.0 Å².